The van der Waals surface area contributed by atoms with Gasteiger partial charge in [0.2, 0.25) is 5.69 Å². The molecule has 2 N–H and O–H groups in total. The Hall–Kier alpha value is -3.86. The van der Waals surface area contributed by atoms with Crippen LogP contribution in [0.3, 0.4) is 0 Å². The topological polar surface area (TPSA) is 97.9 Å². The highest BCUT2D eigenvalue weighted by Gasteiger charge is 2.45. The molecular weight excluding hydrogens is 760 g/mol. The summed E-state index contributed by atoms with van der Waals surface area (Å²) in [5, 5.41) is 5.61. The molecule has 56 heavy (non-hydrogen) atoms. The van der Waals surface area contributed by atoms with E-state index in [1.54, 1.807) is 0 Å². The van der Waals surface area contributed by atoms with Gasteiger partial charge in [0, 0.05) is 58.3 Å². The molecule has 1 atom stereocenters. The summed E-state index contributed by atoms with van der Waals surface area (Å²) < 4.78 is 55.6. The van der Waals surface area contributed by atoms with Gasteiger partial charge in [0.25, 0.3) is 10.1 Å². The van der Waals surface area contributed by atoms with Crippen LogP contribution in [0.15, 0.2) is 119 Å². The zero-order valence-corrected chi connectivity index (χ0v) is 35.1. The Morgan fingerprint density at radius 1 is 0.821 bits per heavy atom. The quantitative estimate of drug-likeness (QED) is 0.0604. The van der Waals surface area contributed by atoms with E-state index < -0.39 is 21.2 Å². The first-order valence-corrected chi connectivity index (χ1v) is 22.9. The fourth-order valence-electron chi connectivity index (χ4n) is 9.17. The van der Waals surface area contributed by atoms with Crippen LogP contribution in [-0.2, 0) is 32.0 Å². The van der Waals surface area contributed by atoms with Crippen molar-refractivity contribution in [2.24, 2.45) is 0 Å². The molecule has 0 bridgehead atoms. The molecule has 0 fully saturated rings. The predicted molar refractivity (Wildman–Crippen MR) is 234 cm³/mol. The highest BCUT2D eigenvalue weighted by molar-refractivity contribution is 7.85. The molecule has 4 aromatic carbocycles. The van der Waals surface area contributed by atoms with Crippen LogP contribution in [0, 0.1) is 0 Å². The van der Waals surface area contributed by atoms with Gasteiger partial charge in [0.1, 0.15) is 6.54 Å². The fraction of sp³-hybridized carbons (Fsp3) is 0.370. The summed E-state index contributed by atoms with van der Waals surface area (Å²) >= 11 is 5.51. The molecule has 1 unspecified atom stereocenters. The Kier molecular flexibility index (Phi) is 11.7. The monoisotopic (exact) mass is 811 g/mol. The van der Waals surface area contributed by atoms with Gasteiger partial charge < -0.3 is 9.45 Å². The van der Waals surface area contributed by atoms with Gasteiger partial charge in [-0.1, -0.05) is 92.2 Å². The summed E-state index contributed by atoms with van der Waals surface area (Å²) in [6, 6.07) is 25.7. The van der Waals surface area contributed by atoms with Crippen molar-refractivity contribution in [3.8, 4) is 0 Å². The maximum absolute atomic E-state index is 11.5. The van der Waals surface area contributed by atoms with Crippen molar-refractivity contribution in [1.82, 2.24) is 0 Å². The van der Waals surface area contributed by atoms with Gasteiger partial charge in [-0.05, 0) is 109 Å². The van der Waals surface area contributed by atoms with Gasteiger partial charge in [-0.15, -0.1) is 0 Å². The third kappa shape index (κ3) is 7.98. The van der Waals surface area contributed by atoms with Crippen LogP contribution < -0.4 is 4.90 Å². The van der Waals surface area contributed by atoms with Crippen molar-refractivity contribution >= 4 is 71.4 Å². The van der Waals surface area contributed by atoms with Crippen molar-refractivity contribution in [3.05, 3.63) is 130 Å². The van der Waals surface area contributed by atoms with Gasteiger partial charge >= 0.3 is 0 Å². The summed E-state index contributed by atoms with van der Waals surface area (Å²) in [4.78, 5) is 2.32. The van der Waals surface area contributed by atoms with Crippen LogP contribution in [0.4, 0.5) is 11.4 Å². The second-order valence-electron chi connectivity index (χ2n) is 16.3. The van der Waals surface area contributed by atoms with Gasteiger partial charge in [0.05, 0.1) is 11.2 Å². The van der Waals surface area contributed by atoms with E-state index >= 15 is 0 Å². The van der Waals surface area contributed by atoms with Crippen LogP contribution in [0.5, 0.6) is 0 Å². The van der Waals surface area contributed by atoms with Crippen molar-refractivity contribution in [2.75, 3.05) is 29.5 Å². The lowest BCUT2D eigenvalue weighted by Crippen LogP contribution is -2.28. The molecule has 1 aliphatic carbocycles. The number of hydrogen-bond donors (Lipinski definition) is 2. The van der Waals surface area contributed by atoms with Crippen LogP contribution in [0.1, 0.15) is 83.8 Å². The molecule has 0 amide bonds. The lowest BCUT2D eigenvalue weighted by molar-refractivity contribution is -0.438. The van der Waals surface area contributed by atoms with E-state index in [-0.39, 0.29) is 22.3 Å². The number of hydrogen-bond acceptors (Lipinski definition) is 4. The third-order valence-electron chi connectivity index (χ3n) is 11.8. The largest absolute Gasteiger partial charge is 0.344 e. The molecule has 0 saturated heterocycles. The zero-order valence-electron chi connectivity index (χ0n) is 32.7. The number of benzene rings is 4. The fourth-order valence-corrected chi connectivity index (χ4v) is 10.5. The summed E-state index contributed by atoms with van der Waals surface area (Å²) in [5.74, 6) is 0.0175. The van der Waals surface area contributed by atoms with Crippen LogP contribution in [0.25, 0.3) is 21.5 Å². The van der Waals surface area contributed by atoms with Gasteiger partial charge in [-0.3, -0.25) is 4.55 Å². The molecule has 3 aliphatic rings. The SMILES string of the molecule is CC1(C)C(/C=C/C2=C(Cl)C(=C/C=C3\N(CCCCS(=O)(=O)O)c4ccc5ccccc5c4C3(C)C)/CCC2)=[N+](CCCCS(=O)O)c2ccc3ccccc3c21. The molecule has 0 radical (unpaired) electrons. The lowest BCUT2D eigenvalue weighted by atomic mass is 9.78. The second-order valence-corrected chi connectivity index (χ2v) is 19.3. The normalized spacial score (nSPS) is 19.9. The van der Waals surface area contributed by atoms with E-state index in [1.807, 2.05) is 0 Å². The lowest BCUT2D eigenvalue weighted by Gasteiger charge is -2.27. The number of unbranched alkanes of at least 4 members (excludes halogenated alkanes) is 2. The van der Waals surface area contributed by atoms with Crippen molar-refractivity contribution in [2.45, 2.75) is 83.5 Å². The third-order valence-corrected chi connectivity index (χ3v) is 13.8. The van der Waals surface area contributed by atoms with Gasteiger partial charge in [-0.25, -0.2) is 4.21 Å². The molecule has 7 nitrogen and oxygen atoms in total. The summed E-state index contributed by atoms with van der Waals surface area (Å²) in [7, 11) is -4.02. The minimum Gasteiger partial charge on any atom is -0.344 e. The number of fused-ring (bicyclic) bond motifs is 6. The Labute approximate surface area is 339 Å². The Bertz CT molecular complexity index is 2490. The van der Waals surface area contributed by atoms with Crippen molar-refractivity contribution < 1.29 is 26.3 Å². The van der Waals surface area contributed by atoms with E-state index in [9.17, 15) is 21.7 Å². The van der Waals surface area contributed by atoms with E-state index in [0.29, 0.717) is 25.8 Å². The van der Waals surface area contributed by atoms with Crippen LogP contribution in [-0.4, -0.2) is 56.6 Å². The first kappa shape index (κ1) is 40.3. The van der Waals surface area contributed by atoms with Crippen molar-refractivity contribution in [3.63, 3.8) is 0 Å². The molecule has 0 aromatic heterocycles. The highest BCUT2D eigenvalue weighted by atomic mass is 35.5. The van der Waals surface area contributed by atoms with E-state index in [1.165, 1.54) is 44.1 Å². The number of nitrogens with zero attached hydrogens (tertiary/aromatic N) is 2. The summed E-state index contributed by atoms with van der Waals surface area (Å²) in [5.41, 5.74) is 8.75. The highest BCUT2D eigenvalue weighted by Crippen LogP contribution is 2.51. The molecule has 4 aromatic rings. The number of allylic oxidation sites excluding steroid dienone is 8. The first-order valence-electron chi connectivity index (χ1n) is 19.7. The Morgan fingerprint density at radius 3 is 2.20 bits per heavy atom. The number of halogens is 1. The standard InChI is InChI=1S/C46H51ClN2O5S2/c1-45(2)40(48(28-9-11-30-55(50)51)38-24-20-32-14-5-7-18-36(32)42(38)45)26-22-34-16-13-17-35(44(34)47)23-27-41-46(3,4)43-37-19-8-6-15-33(37)21-25-39(43)49(41)29-10-12-31-56(52,53)54/h5-8,14-15,18-27H,9-13,16-17,28-31H2,1-4H3,(H-,50,51,52,53,54)/p+1. The molecule has 2 heterocycles. The average Bonchev–Trinajstić information content (AvgIpc) is 3.51. The maximum atomic E-state index is 11.5. The van der Waals surface area contributed by atoms with Crippen LogP contribution >= 0.6 is 11.6 Å². The van der Waals surface area contributed by atoms with E-state index in [4.69, 9.17) is 11.6 Å². The zero-order chi connectivity index (χ0) is 39.8. The minimum atomic E-state index is -4.02. The molecule has 10 heteroatoms. The average molecular weight is 813 g/mol. The Balaban J connectivity index is 1.24. The summed E-state index contributed by atoms with van der Waals surface area (Å²) in [6.07, 6.45) is 14.0. The minimum absolute atomic E-state index is 0.253. The van der Waals surface area contributed by atoms with Gasteiger partial charge in [-0.2, -0.15) is 13.0 Å². The molecule has 0 saturated carbocycles. The first-order chi connectivity index (χ1) is 26.7. The predicted octanol–water partition coefficient (Wildman–Crippen LogP) is 10.9. The Morgan fingerprint density at radius 2 is 1.50 bits per heavy atom. The summed E-state index contributed by atoms with van der Waals surface area (Å²) in [6.45, 7) is 10.4. The van der Waals surface area contributed by atoms with Crippen molar-refractivity contribution in [1.29, 1.82) is 0 Å². The maximum Gasteiger partial charge on any atom is 0.264 e. The second kappa shape index (κ2) is 16.2. The molecule has 294 valence electrons. The molecule has 2 aliphatic heterocycles. The number of anilines is 1. The van der Waals surface area contributed by atoms with E-state index in [0.717, 1.165) is 59.8 Å². The molecule has 7 rings (SSSR count). The van der Waals surface area contributed by atoms with Gasteiger partial charge in [0.15, 0.2) is 16.8 Å². The number of rotatable bonds is 13. The van der Waals surface area contributed by atoms with E-state index in [2.05, 4.69) is 134 Å². The molecule has 0 spiro atoms. The smallest absolute Gasteiger partial charge is 0.264 e. The molecular formula is C46H52ClN2O5S2+. The van der Waals surface area contributed by atoms with Crippen LogP contribution in [0.2, 0.25) is 0 Å².